The Morgan fingerprint density at radius 2 is 2.06 bits per heavy atom. The second-order valence-corrected chi connectivity index (χ2v) is 5.63. The summed E-state index contributed by atoms with van der Waals surface area (Å²) in [6.45, 7) is 1.95. The number of halogens is 2. The van der Waals surface area contributed by atoms with Crippen LogP contribution in [0.25, 0.3) is 0 Å². The first kappa shape index (κ1) is 13.4. The number of hydrogen-bond donors (Lipinski definition) is 1. The van der Waals surface area contributed by atoms with E-state index in [2.05, 4.69) is 5.32 Å². The van der Waals surface area contributed by atoms with E-state index in [0.717, 1.165) is 4.88 Å². The molecule has 1 amide bonds. The number of hydrogen-bond acceptors (Lipinski definition) is 2. The quantitative estimate of drug-likeness (QED) is 0.885. The molecule has 1 unspecified atom stereocenters. The van der Waals surface area contributed by atoms with Gasteiger partial charge >= 0.3 is 0 Å². The lowest BCUT2D eigenvalue weighted by molar-refractivity contribution is 0.0940. The van der Waals surface area contributed by atoms with Gasteiger partial charge in [0.15, 0.2) is 0 Å². The number of thiophene rings is 1. The maximum absolute atomic E-state index is 12.0. The molecule has 0 bridgehead atoms. The van der Waals surface area contributed by atoms with Gasteiger partial charge in [0.2, 0.25) is 0 Å². The number of amides is 1. The molecule has 5 heteroatoms. The molecule has 1 heterocycles. The van der Waals surface area contributed by atoms with Crippen LogP contribution in [0.5, 0.6) is 0 Å². The summed E-state index contributed by atoms with van der Waals surface area (Å²) in [6.07, 6.45) is 0. The standard InChI is InChI=1S/C13H11Cl2NOS/c1-8(12-3-2-6-18-12)16-13(17)9-4-5-10(14)11(15)7-9/h2-8H,1H3,(H,16,17). The van der Waals surface area contributed by atoms with E-state index in [1.807, 2.05) is 24.4 Å². The van der Waals surface area contributed by atoms with E-state index in [0.29, 0.717) is 15.6 Å². The lowest BCUT2D eigenvalue weighted by Gasteiger charge is -2.12. The van der Waals surface area contributed by atoms with E-state index in [-0.39, 0.29) is 11.9 Å². The van der Waals surface area contributed by atoms with Gasteiger partial charge in [-0.2, -0.15) is 0 Å². The molecule has 1 N–H and O–H groups in total. The molecule has 0 aliphatic carbocycles. The van der Waals surface area contributed by atoms with Crippen LogP contribution in [-0.2, 0) is 0 Å². The second-order valence-electron chi connectivity index (χ2n) is 3.84. The van der Waals surface area contributed by atoms with Crippen molar-refractivity contribution in [2.75, 3.05) is 0 Å². The van der Waals surface area contributed by atoms with Crippen molar-refractivity contribution in [3.8, 4) is 0 Å². The summed E-state index contributed by atoms with van der Waals surface area (Å²) >= 11 is 13.3. The van der Waals surface area contributed by atoms with Crippen molar-refractivity contribution >= 4 is 40.4 Å². The van der Waals surface area contributed by atoms with E-state index < -0.39 is 0 Å². The van der Waals surface area contributed by atoms with Crippen molar-refractivity contribution in [3.05, 3.63) is 56.2 Å². The van der Waals surface area contributed by atoms with Crippen molar-refractivity contribution < 1.29 is 4.79 Å². The fourth-order valence-electron chi connectivity index (χ4n) is 1.53. The Hall–Kier alpha value is -1.03. The summed E-state index contributed by atoms with van der Waals surface area (Å²) in [6, 6.07) is 8.78. The van der Waals surface area contributed by atoms with Crippen LogP contribution in [0.1, 0.15) is 28.2 Å². The molecule has 2 aromatic rings. The maximum atomic E-state index is 12.0. The van der Waals surface area contributed by atoms with Gasteiger partial charge < -0.3 is 5.32 Å². The normalized spacial score (nSPS) is 12.2. The minimum atomic E-state index is -0.158. The summed E-state index contributed by atoms with van der Waals surface area (Å²) in [7, 11) is 0. The molecule has 2 rings (SSSR count). The Bertz CT molecular complexity index is 554. The van der Waals surface area contributed by atoms with E-state index >= 15 is 0 Å². The summed E-state index contributed by atoms with van der Waals surface area (Å²) in [5, 5.41) is 5.72. The molecule has 0 saturated heterocycles. The zero-order chi connectivity index (χ0) is 13.1. The molecule has 0 aliphatic rings. The minimum absolute atomic E-state index is 0.0213. The molecule has 1 aromatic carbocycles. The lowest BCUT2D eigenvalue weighted by Crippen LogP contribution is -2.26. The highest BCUT2D eigenvalue weighted by Gasteiger charge is 2.13. The third-order valence-electron chi connectivity index (χ3n) is 2.50. The fraction of sp³-hybridized carbons (Fsp3) is 0.154. The van der Waals surface area contributed by atoms with Crippen LogP contribution in [-0.4, -0.2) is 5.91 Å². The van der Waals surface area contributed by atoms with Crippen LogP contribution < -0.4 is 5.32 Å². The molecule has 1 aromatic heterocycles. The SMILES string of the molecule is CC(NC(=O)c1ccc(Cl)c(Cl)c1)c1cccs1. The molecule has 94 valence electrons. The van der Waals surface area contributed by atoms with Gasteiger partial charge in [0.25, 0.3) is 5.91 Å². The van der Waals surface area contributed by atoms with E-state index in [1.54, 1.807) is 29.5 Å². The zero-order valence-corrected chi connectivity index (χ0v) is 11.9. The smallest absolute Gasteiger partial charge is 0.251 e. The Morgan fingerprint density at radius 3 is 2.67 bits per heavy atom. The average Bonchev–Trinajstić information content (AvgIpc) is 2.86. The second kappa shape index (κ2) is 5.74. The van der Waals surface area contributed by atoms with Gasteiger partial charge in [-0.3, -0.25) is 4.79 Å². The van der Waals surface area contributed by atoms with Gasteiger partial charge in [-0.05, 0) is 36.6 Å². The molecular weight excluding hydrogens is 289 g/mol. The number of carbonyl (C=O) groups is 1. The molecule has 0 radical (unpaired) electrons. The van der Waals surface area contributed by atoms with Crippen LogP contribution in [0.2, 0.25) is 10.0 Å². The van der Waals surface area contributed by atoms with Crippen molar-refractivity contribution in [1.82, 2.24) is 5.32 Å². The largest absolute Gasteiger partial charge is 0.345 e. The first-order valence-electron chi connectivity index (χ1n) is 5.37. The van der Waals surface area contributed by atoms with Gasteiger partial charge in [-0.25, -0.2) is 0 Å². The zero-order valence-electron chi connectivity index (χ0n) is 9.61. The molecule has 0 aliphatic heterocycles. The fourth-order valence-corrected chi connectivity index (χ4v) is 2.56. The number of rotatable bonds is 3. The topological polar surface area (TPSA) is 29.1 Å². The van der Waals surface area contributed by atoms with E-state index in [9.17, 15) is 4.79 Å². The Kier molecular flexibility index (Phi) is 4.27. The van der Waals surface area contributed by atoms with Crippen LogP contribution in [0.15, 0.2) is 35.7 Å². The predicted octanol–water partition coefficient (Wildman–Crippen LogP) is 4.55. The predicted molar refractivity (Wildman–Crippen MR) is 76.7 cm³/mol. The van der Waals surface area contributed by atoms with Crippen LogP contribution in [0, 0.1) is 0 Å². The number of nitrogens with one attached hydrogen (secondary N) is 1. The van der Waals surface area contributed by atoms with E-state index in [4.69, 9.17) is 23.2 Å². The van der Waals surface area contributed by atoms with E-state index in [1.165, 1.54) is 0 Å². The third kappa shape index (κ3) is 3.05. The monoisotopic (exact) mass is 299 g/mol. The molecule has 1 atom stereocenters. The van der Waals surface area contributed by atoms with Gasteiger partial charge in [-0.1, -0.05) is 29.3 Å². The highest BCUT2D eigenvalue weighted by molar-refractivity contribution is 7.10. The number of carbonyl (C=O) groups excluding carboxylic acids is 1. The highest BCUT2D eigenvalue weighted by atomic mass is 35.5. The molecule has 2 nitrogen and oxygen atoms in total. The molecular formula is C13H11Cl2NOS. The van der Waals surface area contributed by atoms with Crippen molar-refractivity contribution in [3.63, 3.8) is 0 Å². The van der Waals surface area contributed by atoms with Crippen molar-refractivity contribution in [2.24, 2.45) is 0 Å². The van der Waals surface area contributed by atoms with Crippen LogP contribution >= 0.6 is 34.5 Å². The summed E-state index contributed by atoms with van der Waals surface area (Å²) in [4.78, 5) is 13.1. The first-order valence-corrected chi connectivity index (χ1v) is 7.01. The first-order chi connectivity index (χ1) is 8.58. The molecule has 0 fully saturated rings. The Morgan fingerprint density at radius 1 is 1.28 bits per heavy atom. The van der Waals surface area contributed by atoms with Crippen LogP contribution in [0.4, 0.5) is 0 Å². The Balaban J connectivity index is 2.10. The van der Waals surface area contributed by atoms with Crippen molar-refractivity contribution in [2.45, 2.75) is 13.0 Å². The molecule has 18 heavy (non-hydrogen) atoms. The van der Waals surface area contributed by atoms with Gasteiger partial charge in [0.05, 0.1) is 16.1 Å². The van der Waals surface area contributed by atoms with Gasteiger partial charge in [0, 0.05) is 10.4 Å². The summed E-state index contributed by atoms with van der Waals surface area (Å²) in [5.41, 5.74) is 0.507. The lowest BCUT2D eigenvalue weighted by atomic mass is 10.2. The minimum Gasteiger partial charge on any atom is -0.345 e. The molecule has 0 saturated carbocycles. The summed E-state index contributed by atoms with van der Waals surface area (Å²) < 4.78 is 0. The van der Waals surface area contributed by atoms with Crippen molar-refractivity contribution in [1.29, 1.82) is 0 Å². The third-order valence-corrected chi connectivity index (χ3v) is 4.29. The van der Waals surface area contributed by atoms with Gasteiger partial charge in [0.1, 0.15) is 0 Å². The number of benzene rings is 1. The summed E-state index contributed by atoms with van der Waals surface area (Å²) in [5.74, 6) is -0.158. The maximum Gasteiger partial charge on any atom is 0.251 e. The highest BCUT2D eigenvalue weighted by Crippen LogP contribution is 2.23. The van der Waals surface area contributed by atoms with Gasteiger partial charge in [-0.15, -0.1) is 11.3 Å². The average molecular weight is 300 g/mol. The molecule has 0 spiro atoms. The van der Waals surface area contributed by atoms with Crippen LogP contribution in [0.3, 0.4) is 0 Å². The Labute approximate surface area is 120 Å².